The molecule has 4 nitrogen and oxygen atoms in total. The van der Waals surface area contributed by atoms with Crippen LogP contribution in [0.5, 0.6) is 0 Å². The van der Waals surface area contributed by atoms with E-state index in [1.807, 2.05) is 4.90 Å². The zero-order chi connectivity index (χ0) is 18.7. The maximum absolute atomic E-state index is 14.0. The number of hydrogen-bond acceptors (Lipinski definition) is 3. The molecule has 1 saturated carbocycles. The lowest BCUT2D eigenvalue weighted by atomic mass is 10.1. The number of benzene rings is 2. The number of carbonyl (C=O) groups excluding carboxylic acids is 2. The summed E-state index contributed by atoms with van der Waals surface area (Å²) in [4.78, 5) is 25.6. The fraction of sp³-hybridized carbons (Fsp3) is 0.300. The van der Waals surface area contributed by atoms with Gasteiger partial charge in [-0.25, -0.2) is 4.39 Å². The molecule has 0 radical (unpaired) electrons. The lowest BCUT2D eigenvalue weighted by Crippen LogP contribution is -2.34. The van der Waals surface area contributed by atoms with E-state index in [1.54, 1.807) is 36.4 Å². The average Bonchev–Trinajstić information content (AvgIpc) is 3.42. The van der Waals surface area contributed by atoms with Gasteiger partial charge in [-0.3, -0.25) is 14.5 Å². The Morgan fingerprint density at radius 1 is 1.19 bits per heavy atom. The van der Waals surface area contributed by atoms with E-state index in [0.717, 1.165) is 12.8 Å². The Morgan fingerprint density at radius 2 is 1.88 bits per heavy atom. The monoisotopic (exact) mass is 374 g/mol. The first-order valence-electron chi connectivity index (χ1n) is 8.52. The van der Waals surface area contributed by atoms with Crippen molar-refractivity contribution in [3.8, 4) is 0 Å². The van der Waals surface area contributed by atoms with Crippen molar-refractivity contribution >= 4 is 29.0 Å². The molecule has 136 valence electrons. The second-order valence-electron chi connectivity index (χ2n) is 6.52. The summed E-state index contributed by atoms with van der Waals surface area (Å²) in [5.41, 5.74) is 1.64. The fourth-order valence-electron chi connectivity index (χ4n) is 2.81. The summed E-state index contributed by atoms with van der Waals surface area (Å²) in [7, 11) is 0. The number of hydrogen-bond donors (Lipinski definition) is 1. The van der Waals surface area contributed by atoms with Gasteiger partial charge in [0.15, 0.2) is 5.78 Å². The Labute approximate surface area is 157 Å². The van der Waals surface area contributed by atoms with E-state index in [2.05, 4.69) is 5.32 Å². The van der Waals surface area contributed by atoms with Crippen LogP contribution in [-0.2, 0) is 11.3 Å². The minimum atomic E-state index is -0.358. The summed E-state index contributed by atoms with van der Waals surface area (Å²) in [6.07, 6.45) is 1.99. The van der Waals surface area contributed by atoms with E-state index in [9.17, 15) is 14.0 Å². The van der Waals surface area contributed by atoms with Crippen LogP contribution >= 0.6 is 11.6 Å². The molecule has 26 heavy (non-hydrogen) atoms. The van der Waals surface area contributed by atoms with Crippen LogP contribution in [0.2, 0.25) is 5.02 Å². The van der Waals surface area contributed by atoms with Crippen LogP contribution in [0.3, 0.4) is 0 Å². The Kier molecular flexibility index (Phi) is 5.69. The highest BCUT2D eigenvalue weighted by Crippen LogP contribution is 2.30. The van der Waals surface area contributed by atoms with E-state index in [0.29, 0.717) is 28.4 Å². The topological polar surface area (TPSA) is 49.4 Å². The molecule has 2 aromatic rings. The molecule has 0 aliphatic heterocycles. The van der Waals surface area contributed by atoms with Gasteiger partial charge >= 0.3 is 0 Å². The van der Waals surface area contributed by atoms with Crippen LogP contribution in [0.1, 0.15) is 35.7 Å². The number of carbonyl (C=O) groups is 2. The van der Waals surface area contributed by atoms with Crippen LogP contribution in [0.25, 0.3) is 0 Å². The second kappa shape index (κ2) is 7.98. The van der Waals surface area contributed by atoms with E-state index in [4.69, 9.17) is 11.6 Å². The van der Waals surface area contributed by atoms with Gasteiger partial charge in [-0.15, -0.1) is 0 Å². The van der Waals surface area contributed by atoms with Crippen molar-refractivity contribution in [2.75, 3.05) is 11.9 Å². The molecule has 1 aliphatic carbocycles. The third kappa shape index (κ3) is 4.68. The maximum atomic E-state index is 14.0. The third-order valence-electron chi connectivity index (χ3n) is 4.41. The van der Waals surface area contributed by atoms with Crippen molar-refractivity contribution in [1.29, 1.82) is 0 Å². The van der Waals surface area contributed by atoms with Gasteiger partial charge in [-0.05, 0) is 56.2 Å². The molecule has 0 bridgehead atoms. The van der Waals surface area contributed by atoms with E-state index >= 15 is 0 Å². The van der Waals surface area contributed by atoms with Gasteiger partial charge in [-0.2, -0.15) is 0 Å². The third-order valence-corrected chi connectivity index (χ3v) is 4.76. The summed E-state index contributed by atoms with van der Waals surface area (Å²) < 4.78 is 14.0. The first-order chi connectivity index (χ1) is 12.4. The highest BCUT2D eigenvalue weighted by Gasteiger charge is 2.31. The summed E-state index contributed by atoms with van der Waals surface area (Å²) in [5.74, 6) is -0.562. The smallest absolute Gasteiger partial charge is 0.238 e. The molecular formula is C20H20ClFN2O2. The van der Waals surface area contributed by atoms with Crippen molar-refractivity contribution in [3.63, 3.8) is 0 Å². The van der Waals surface area contributed by atoms with E-state index < -0.39 is 0 Å². The molecule has 3 rings (SSSR count). The SMILES string of the molecule is CC(=O)c1ccc(NC(=O)CN(Cc2c(F)cccc2Cl)C2CC2)cc1. The Morgan fingerprint density at radius 3 is 2.46 bits per heavy atom. The molecule has 1 fully saturated rings. The fourth-order valence-corrected chi connectivity index (χ4v) is 3.04. The maximum Gasteiger partial charge on any atom is 0.238 e. The number of amides is 1. The number of anilines is 1. The molecule has 1 aliphatic rings. The van der Waals surface area contributed by atoms with Crippen LogP contribution in [-0.4, -0.2) is 29.2 Å². The largest absolute Gasteiger partial charge is 0.325 e. The van der Waals surface area contributed by atoms with Crippen molar-refractivity contribution < 1.29 is 14.0 Å². The molecule has 1 N–H and O–H groups in total. The van der Waals surface area contributed by atoms with Gasteiger partial charge in [0.05, 0.1) is 6.54 Å². The zero-order valence-corrected chi connectivity index (χ0v) is 15.2. The number of rotatable bonds is 7. The minimum Gasteiger partial charge on any atom is -0.325 e. The molecular weight excluding hydrogens is 355 g/mol. The zero-order valence-electron chi connectivity index (χ0n) is 14.5. The van der Waals surface area contributed by atoms with Gasteiger partial charge in [-0.1, -0.05) is 17.7 Å². The average molecular weight is 375 g/mol. The first kappa shape index (κ1) is 18.5. The van der Waals surface area contributed by atoms with Gasteiger partial charge in [0.2, 0.25) is 5.91 Å². The summed E-state index contributed by atoms with van der Waals surface area (Å²) in [5, 5.41) is 3.19. The Bertz CT molecular complexity index is 799. The molecule has 0 heterocycles. The quantitative estimate of drug-likeness (QED) is 0.736. The molecule has 0 saturated heterocycles. The molecule has 0 atom stereocenters. The number of Topliss-reactive ketones (excluding diaryl/α,β-unsaturated/α-hetero) is 1. The number of ketones is 1. The van der Waals surface area contributed by atoms with E-state index in [-0.39, 0.29) is 30.1 Å². The molecule has 2 aromatic carbocycles. The molecule has 0 unspecified atom stereocenters. The van der Waals surface area contributed by atoms with Gasteiger partial charge in [0, 0.05) is 34.4 Å². The van der Waals surface area contributed by atoms with Crippen LogP contribution in [0.4, 0.5) is 10.1 Å². The predicted molar refractivity (Wildman–Crippen MR) is 99.9 cm³/mol. The summed E-state index contributed by atoms with van der Waals surface area (Å²) >= 11 is 6.11. The van der Waals surface area contributed by atoms with Crippen molar-refractivity contribution in [2.45, 2.75) is 32.4 Å². The Hall–Kier alpha value is -2.24. The summed E-state index contributed by atoms with van der Waals surface area (Å²) in [6, 6.07) is 11.6. The normalized spacial score (nSPS) is 13.7. The molecule has 6 heteroatoms. The lowest BCUT2D eigenvalue weighted by molar-refractivity contribution is -0.117. The van der Waals surface area contributed by atoms with E-state index in [1.165, 1.54) is 13.0 Å². The number of nitrogens with zero attached hydrogens (tertiary/aromatic N) is 1. The standard InChI is InChI=1S/C20H20ClFN2O2/c1-13(25)14-5-7-15(8-6-14)23-20(26)12-24(16-9-10-16)11-17-18(21)3-2-4-19(17)22/h2-8,16H,9-12H2,1H3,(H,23,26). The van der Waals surface area contributed by atoms with Crippen molar-refractivity contribution in [2.24, 2.45) is 0 Å². The first-order valence-corrected chi connectivity index (χ1v) is 8.89. The van der Waals surface area contributed by atoms with Crippen LogP contribution in [0.15, 0.2) is 42.5 Å². The molecule has 0 aromatic heterocycles. The molecule has 1 amide bonds. The minimum absolute atomic E-state index is 0.0236. The highest BCUT2D eigenvalue weighted by atomic mass is 35.5. The predicted octanol–water partition coefficient (Wildman–Crippen LogP) is 4.28. The van der Waals surface area contributed by atoms with Crippen molar-refractivity contribution in [1.82, 2.24) is 4.90 Å². The highest BCUT2D eigenvalue weighted by molar-refractivity contribution is 6.31. The second-order valence-corrected chi connectivity index (χ2v) is 6.93. The number of halogens is 2. The summed E-state index contributed by atoms with van der Waals surface area (Å²) in [6.45, 7) is 1.95. The van der Waals surface area contributed by atoms with Gasteiger partial charge < -0.3 is 5.32 Å². The van der Waals surface area contributed by atoms with Gasteiger partial charge in [0.25, 0.3) is 0 Å². The van der Waals surface area contributed by atoms with Crippen LogP contribution in [0, 0.1) is 5.82 Å². The molecule has 0 spiro atoms. The van der Waals surface area contributed by atoms with Crippen molar-refractivity contribution in [3.05, 3.63) is 64.4 Å². The lowest BCUT2D eigenvalue weighted by Gasteiger charge is -2.22. The number of nitrogens with one attached hydrogen (secondary N) is 1. The van der Waals surface area contributed by atoms with Crippen LogP contribution < -0.4 is 5.32 Å². The van der Waals surface area contributed by atoms with Gasteiger partial charge in [0.1, 0.15) is 5.82 Å². The Balaban J connectivity index is 1.64.